The highest BCUT2D eigenvalue weighted by Crippen LogP contribution is 2.19. The third kappa shape index (κ3) is 3.01. The van der Waals surface area contributed by atoms with E-state index in [1.807, 2.05) is 24.3 Å². The monoisotopic (exact) mass is 256 g/mol. The topological polar surface area (TPSA) is 29.8 Å². The van der Waals surface area contributed by atoms with Crippen LogP contribution in [0.3, 0.4) is 0 Å². The Morgan fingerprint density at radius 3 is 2.69 bits per heavy atom. The molecule has 0 radical (unpaired) electrons. The van der Waals surface area contributed by atoms with E-state index in [2.05, 4.69) is 5.32 Å². The van der Waals surface area contributed by atoms with Crippen molar-refractivity contribution < 1.29 is 9.73 Å². The molecule has 2 nitrogen and oxygen atoms in total. The average Bonchev–Trinajstić information content (AvgIpc) is 2.74. The number of furan rings is 1. The third-order valence-corrected chi connectivity index (χ3v) is 2.89. The van der Waals surface area contributed by atoms with Crippen LogP contribution in [0.5, 0.6) is 0 Å². The van der Waals surface area contributed by atoms with Gasteiger partial charge in [0.05, 0.1) is 11.3 Å². The molecule has 2 aromatic rings. The molecule has 0 amide bonds. The fraction of sp³-hybridized carbons (Fsp3) is 0.167. The Hall–Kier alpha value is -0.960. The van der Waals surface area contributed by atoms with Gasteiger partial charge in [0, 0.05) is 10.6 Å². The summed E-state index contributed by atoms with van der Waals surface area (Å²) in [4.78, 5) is 0. The van der Waals surface area contributed by atoms with Crippen molar-refractivity contribution in [3.63, 3.8) is 0 Å². The zero-order chi connectivity index (χ0) is 11.4. The lowest BCUT2D eigenvalue weighted by Crippen LogP contribution is -2.80. The molecule has 0 spiro atoms. The first-order valence-electron chi connectivity index (χ1n) is 5.03. The van der Waals surface area contributed by atoms with Crippen LogP contribution >= 0.6 is 23.2 Å². The Balaban J connectivity index is 1.90. The summed E-state index contributed by atoms with van der Waals surface area (Å²) >= 11 is 11.9. The molecule has 0 fully saturated rings. The summed E-state index contributed by atoms with van der Waals surface area (Å²) in [6, 6.07) is 9.41. The standard InChI is InChI=1S/C12H11Cl2NO/c13-10-4-3-9(12(14)6-10)7-15-8-11-2-1-5-16-11/h1-6,15H,7-8H2/p+1. The summed E-state index contributed by atoms with van der Waals surface area (Å²) < 4.78 is 5.24. The smallest absolute Gasteiger partial charge is 0.157 e. The molecule has 2 rings (SSSR count). The van der Waals surface area contributed by atoms with Gasteiger partial charge in [0.2, 0.25) is 0 Å². The van der Waals surface area contributed by atoms with E-state index in [0.29, 0.717) is 10.0 Å². The Bertz CT molecular complexity index is 454. The second-order valence-electron chi connectivity index (χ2n) is 3.51. The maximum atomic E-state index is 6.06. The number of hydrogen-bond acceptors (Lipinski definition) is 1. The maximum Gasteiger partial charge on any atom is 0.157 e. The van der Waals surface area contributed by atoms with E-state index in [1.54, 1.807) is 12.3 Å². The van der Waals surface area contributed by atoms with Crippen LogP contribution < -0.4 is 5.32 Å². The van der Waals surface area contributed by atoms with Crippen molar-refractivity contribution in [1.82, 2.24) is 0 Å². The molecule has 2 N–H and O–H groups in total. The Morgan fingerprint density at radius 1 is 1.12 bits per heavy atom. The predicted octanol–water partition coefficient (Wildman–Crippen LogP) is 2.85. The number of quaternary nitrogens is 1. The first-order valence-corrected chi connectivity index (χ1v) is 5.79. The van der Waals surface area contributed by atoms with E-state index < -0.39 is 0 Å². The quantitative estimate of drug-likeness (QED) is 0.896. The Labute approximate surface area is 104 Å². The second-order valence-corrected chi connectivity index (χ2v) is 4.36. The van der Waals surface area contributed by atoms with E-state index in [-0.39, 0.29) is 0 Å². The molecule has 0 saturated carbocycles. The summed E-state index contributed by atoms with van der Waals surface area (Å²) in [5, 5.41) is 3.51. The van der Waals surface area contributed by atoms with Crippen LogP contribution in [0, 0.1) is 0 Å². The zero-order valence-corrected chi connectivity index (χ0v) is 10.1. The molecular weight excluding hydrogens is 245 g/mol. The SMILES string of the molecule is Clc1ccc(C[NH2+]Cc2ccco2)c(Cl)c1. The third-order valence-electron chi connectivity index (χ3n) is 2.30. The zero-order valence-electron chi connectivity index (χ0n) is 8.62. The molecule has 1 aromatic heterocycles. The first kappa shape index (κ1) is 11.5. The van der Waals surface area contributed by atoms with E-state index >= 15 is 0 Å². The first-order chi connectivity index (χ1) is 7.75. The van der Waals surface area contributed by atoms with E-state index in [1.165, 1.54) is 0 Å². The summed E-state index contributed by atoms with van der Waals surface area (Å²) in [5.74, 6) is 0.963. The van der Waals surface area contributed by atoms with Crippen molar-refractivity contribution in [2.45, 2.75) is 13.1 Å². The molecule has 16 heavy (non-hydrogen) atoms. The highest BCUT2D eigenvalue weighted by Gasteiger charge is 2.04. The van der Waals surface area contributed by atoms with Crippen molar-refractivity contribution in [3.8, 4) is 0 Å². The van der Waals surface area contributed by atoms with Crippen LogP contribution in [-0.4, -0.2) is 0 Å². The highest BCUT2D eigenvalue weighted by atomic mass is 35.5. The normalized spacial score (nSPS) is 10.6. The van der Waals surface area contributed by atoms with Crippen LogP contribution in [0.2, 0.25) is 10.0 Å². The lowest BCUT2D eigenvalue weighted by molar-refractivity contribution is -0.687. The van der Waals surface area contributed by atoms with Gasteiger partial charge in [0.15, 0.2) is 5.76 Å². The molecule has 0 saturated heterocycles. The largest absolute Gasteiger partial charge is 0.463 e. The van der Waals surface area contributed by atoms with Gasteiger partial charge in [0.1, 0.15) is 13.1 Å². The molecule has 4 heteroatoms. The molecule has 0 atom stereocenters. The van der Waals surface area contributed by atoms with Crippen molar-refractivity contribution in [1.29, 1.82) is 0 Å². The molecule has 0 aliphatic rings. The summed E-state index contributed by atoms with van der Waals surface area (Å²) in [7, 11) is 0. The summed E-state index contributed by atoms with van der Waals surface area (Å²) in [5.41, 5.74) is 1.08. The van der Waals surface area contributed by atoms with Crippen LogP contribution in [0.4, 0.5) is 0 Å². The number of benzene rings is 1. The molecule has 1 aromatic carbocycles. The molecule has 0 aliphatic carbocycles. The minimum Gasteiger partial charge on any atom is -0.463 e. The second kappa shape index (κ2) is 5.39. The molecule has 0 unspecified atom stereocenters. The summed E-state index contributed by atoms with van der Waals surface area (Å²) in [6.07, 6.45) is 1.68. The molecule has 0 aliphatic heterocycles. The fourth-order valence-corrected chi connectivity index (χ4v) is 1.97. The maximum absolute atomic E-state index is 6.06. The van der Waals surface area contributed by atoms with Crippen LogP contribution in [-0.2, 0) is 13.1 Å². The minimum absolute atomic E-state index is 0.666. The molecular formula is C12H12Cl2NO+. The van der Waals surface area contributed by atoms with Gasteiger partial charge in [-0.3, -0.25) is 0 Å². The molecule has 0 bridgehead atoms. The number of rotatable bonds is 4. The average molecular weight is 257 g/mol. The van der Waals surface area contributed by atoms with Crippen molar-refractivity contribution in [2.75, 3.05) is 0 Å². The predicted molar refractivity (Wildman–Crippen MR) is 64.5 cm³/mol. The number of halogens is 2. The summed E-state index contributed by atoms with van der Waals surface area (Å²) in [6.45, 7) is 1.63. The van der Waals surface area contributed by atoms with Gasteiger partial charge in [-0.15, -0.1) is 0 Å². The van der Waals surface area contributed by atoms with Crippen molar-refractivity contribution in [3.05, 3.63) is 58.0 Å². The van der Waals surface area contributed by atoms with Crippen LogP contribution in [0.25, 0.3) is 0 Å². The van der Waals surface area contributed by atoms with Gasteiger partial charge in [0.25, 0.3) is 0 Å². The lowest BCUT2D eigenvalue weighted by Gasteiger charge is -2.03. The van der Waals surface area contributed by atoms with E-state index in [4.69, 9.17) is 27.6 Å². The van der Waals surface area contributed by atoms with Gasteiger partial charge >= 0.3 is 0 Å². The fourth-order valence-electron chi connectivity index (χ4n) is 1.49. The Kier molecular flexibility index (Phi) is 3.88. The molecule has 1 heterocycles. The Morgan fingerprint density at radius 2 is 2.00 bits per heavy atom. The minimum atomic E-state index is 0.666. The van der Waals surface area contributed by atoms with E-state index in [9.17, 15) is 0 Å². The highest BCUT2D eigenvalue weighted by molar-refractivity contribution is 6.35. The molecule has 84 valence electrons. The lowest BCUT2D eigenvalue weighted by atomic mass is 10.2. The number of hydrogen-bond donors (Lipinski definition) is 1. The van der Waals surface area contributed by atoms with Crippen LogP contribution in [0.1, 0.15) is 11.3 Å². The van der Waals surface area contributed by atoms with Gasteiger partial charge in [-0.2, -0.15) is 0 Å². The van der Waals surface area contributed by atoms with Gasteiger partial charge in [-0.1, -0.05) is 29.3 Å². The van der Waals surface area contributed by atoms with Crippen LogP contribution in [0.15, 0.2) is 41.0 Å². The van der Waals surface area contributed by atoms with E-state index in [0.717, 1.165) is 24.4 Å². The van der Waals surface area contributed by atoms with Crippen molar-refractivity contribution >= 4 is 23.2 Å². The van der Waals surface area contributed by atoms with Gasteiger partial charge in [-0.05, 0) is 24.3 Å². The van der Waals surface area contributed by atoms with Crippen molar-refractivity contribution in [2.24, 2.45) is 0 Å². The van der Waals surface area contributed by atoms with Gasteiger partial charge in [-0.25, -0.2) is 0 Å². The number of nitrogens with two attached hydrogens (primary N) is 1. The van der Waals surface area contributed by atoms with Gasteiger partial charge < -0.3 is 9.73 Å².